The molecule has 0 radical (unpaired) electrons. The van der Waals surface area contributed by atoms with E-state index in [9.17, 15) is 17.2 Å². The van der Waals surface area contributed by atoms with E-state index < -0.39 is 26.6 Å². The van der Waals surface area contributed by atoms with E-state index in [0.29, 0.717) is 18.4 Å². The normalized spacial score (nSPS) is 12.2. The molecule has 0 bridgehead atoms. The predicted molar refractivity (Wildman–Crippen MR) is 90.4 cm³/mol. The maximum atomic E-state index is 13.9. The number of hydrogen-bond donors (Lipinski definition) is 0. The highest BCUT2D eigenvalue weighted by Gasteiger charge is 2.26. The first-order chi connectivity index (χ1) is 11.8. The van der Waals surface area contributed by atoms with Gasteiger partial charge in [0.1, 0.15) is 22.4 Å². The van der Waals surface area contributed by atoms with Gasteiger partial charge in [-0.15, -0.1) is 0 Å². The van der Waals surface area contributed by atoms with Crippen molar-refractivity contribution in [3.63, 3.8) is 0 Å². The number of nitrogens with zero attached hydrogens (tertiary/aromatic N) is 3. The monoisotopic (exact) mass is 365 g/mol. The van der Waals surface area contributed by atoms with Crippen LogP contribution in [0.4, 0.5) is 8.78 Å². The van der Waals surface area contributed by atoms with Gasteiger partial charge in [-0.05, 0) is 37.3 Å². The van der Waals surface area contributed by atoms with Crippen molar-refractivity contribution in [2.24, 2.45) is 0 Å². The fourth-order valence-corrected chi connectivity index (χ4v) is 3.92. The first kappa shape index (κ1) is 17.5. The maximum Gasteiger partial charge on any atom is 0.246 e. The number of aromatic nitrogens is 2. The summed E-state index contributed by atoms with van der Waals surface area (Å²) in [6.07, 6.45) is 0. The highest BCUT2D eigenvalue weighted by molar-refractivity contribution is 7.89. The predicted octanol–water partition coefficient (Wildman–Crippen LogP) is 3.16. The second-order valence-corrected chi connectivity index (χ2v) is 7.61. The smallest absolute Gasteiger partial charge is 0.246 e. The molecule has 0 spiro atoms. The minimum absolute atomic E-state index is 0.0548. The molecule has 8 heteroatoms. The number of benzene rings is 2. The van der Waals surface area contributed by atoms with Gasteiger partial charge in [-0.1, -0.05) is 12.1 Å². The van der Waals surface area contributed by atoms with E-state index in [2.05, 4.69) is 4.98 Å². The lowest BCUT2D eigenvalue weighted by Crippen LogP contribution is -2.28. The molecule has 0 aliphatic rings. The Morgan fingerprint density at radius 3 is 2.60 bits per heavy atom. The van der Waals surface area contributed by atoms with Crippen molar-refractivity contribution in [3.05, 3.63) is 59.9 Å². The van der Waals surface area contributed by atoms with E-state index in [1.807, 2.05) is 35.8 Å². The summed E-state index contributed by atoms with van der Waals surface area (Å²) in [7, 11) is -2.87. The number of halogens is 2. The van der Waals surface area contributed by atoms with E-state index in [1.54, 1.807) is 0 Å². The molecule has 25 heavy (non-hydrogen) atoms. The number of rotatable bonds is 5. The fourth-order valence-electron chi connectivity index (χ4n) is 2.73. The average Bonchev–Trinajstić information content (AvgIpc) is 2.93. The Morgan fingerprint density at radius 1 is 1.16 bits per heavy atom. The van der Waals surface area contributed by atoms with Crippen LogP contribution in [0.2, 0.25) is 0 Å². The van der Waals surface area contributed by atoms with Gasteiger partial charge in [-0.3, -0.25) is 0 Å². The lowest BCUT2D eigenvalue weighted by Gasteiger charge is -2.18. The minimum Gasteiger partial charge on any atom is -0.327 e. The third-order valence-electron chi connectivity index (χ3n) is 4.00. The molecule has 0 N–H and O–H groups in total. The molecule has 132 valence electrons. The molecule has 0 aliphatic carbocycles. The van der Waals surface area contributed by atoms with E-state index in [-0.39, 0.29) is 6.54 Å². The van der Waals surface area contributed by atoms with Gasteiger partial charge in [0.25, 0.3) is 0 Å². The highest BCUT2D eigenvalue weighted by atomic mass is 32.2. The molecule has 0 unspecified atom stereocenters. The van der Waals surface area contributed by atoms with E-state index >= 15 is 0 Å². The van der Waals surface area contributed by atoms with Crippen LogP contribution in [0.1, 0.15) is 12.7 Å². The number of imidazole rings is 1. The van der Waals surface area contributed by atoms with Gasteiger partial charge >= 0.3 is 0 Å². The summed E-state index contributed by atoms with van der Waals surface area (Å²) in [5.74, 6) is -1.27. The van der Waals surface area contributed by atoms with Crippen LogP contribution in [0.3, 0.4) is 0 Å². The minimum atomic E-state index is -4.19. The zero-order chi connectivity index (χ0) is 18.2. The maximum absolute atomic E-state index is 13.9. The first-order valence-corrected chi connectivity index (χ1v) is 9.14. The van der Waals surface area contributed by atoms with E-state index in [4.69, 9.17) is 0 Å². The van der Waals surface area contributed by atoms with Gasteiger partial charge in [-0.2, -0.15) is 4.31 Å². The lowest BCUT2D eigenvalue weighted by molar-refractivity contribution is 0.442. The summed E-state index contributed by atoms with van der Waals surface area (Å²) in [5, 5.41) is 0. The summed E-state index contributed by atoms with van der Waals surface area (Å²) in [6.45, 7) is 2.48. The van der Waals surface area contributed by atoms with Gasteiger partial charge in [0.2, 0.25) is 10.0 Å². The van der Waals surface area contributed by atoms with E-state index in [1.165, 1.54) is 7.05 Å². The number of sulfonamides is 1. The molecule has 0 fully saturated rings. The molecule has 0 saturated carbocycles. The van der Waals surface area contributed by atoms with Crippen LogP contribution in [0.5, 0.6) is 0 Å². The standard InChI is InChI=1S/C17H17F2N3O2S/c1-3-22-15-7-5-4-6-14(15)20-17(22)11-21(2)25(23,24)16-10-12(18)8-9-13(16)19/h4-10H,3,11H2,1-2H3. The van der Waals surface area contributed by atoms with Crippen LogP contribution in [0.25, 0.3) is 11.0 Å². The number of fused-ring (bicyclic) bond motifs is 1. The van der Waals surface area contributed by atoms with Crippen LogP contribution >= 0.6 is 0 Å². The summed E-state index contributed by atoms with van der Waals surface area (Å²) in [6, 6.07) is 9.83. The second-order valence-electron chi connectivity index (χ2n) is 5.60. The molecule has 5 nitrogen and oxygen atoms in total. The van der Waals surface area contributed by atoms with Gasteiger partial charge < -0.3 is 4.57 Å². The van der Waals surface area contributed by atoms with Crippen molar-refractivity contribution in [2.75, 3.05) is 7.05 Å². The summed E-state index contributed by atoms with van der Waals surface area (Å²) in [5.41, 5.74) is 1.64. The average molecular weight is 365 g/mol. The number of para-hydroxylation sites is 2. The quantitative estimate of drug-likeness (QED) is 0.698. The zero-order valence-electron chi connectivity index (χ0n) is 13.8. The Morgan fingerprint density at radius 2 is 1.88 bits per heavy atom. The van der Waals surface area contributed by atoms with Crippen molar-refractivity contribution in [1.82, 2.24) is 13.9 Å². The molecular formula is C17H17F2N3O2S. The Balaban J connectivity index is 1.99. The van der Waals surface area contributed by atoms with Crippen molar-refractivity contribution in [1.29, 1.82) is 0 Å². The molecule has 3 aromatic rings. The van der Waals surface area contributed by atoms with Gasteiger partial charge in [0.05, 0.1) is 17.6 Å². The third kappa shape index (κ3) is 3.14. The molecule has 0 amide bonds. The summed E-state index contributed by atoms with van der Waals surface area (Å²) in [4.78, 5) is 3.77. The lowest BCUT2D eigenvalue weighted by atomic mass is 10.3. The van der Waals surface area contributed by atoms with Crippen LogP contribution in [-0.2, 0) is 23.1 Å². The fraction of sp³-hybridized carbons (Fsp3) is 0.235. The van der Waals surface area contributed by atoms with Crippen LogP contribution < -0.4 is 0 Å². The molecule has 0 atom stereocenters. The van der Waals surface area contributed by atoms with Crippen LogP contribution in [0.15, 0.2) is 47.4 Å². The zero-order valence-corrected chi connectivity index (χ0v) is 14.6. The summed E-state index contributed by atoms with van der Waals surface area (Å²) >= 11 is 0. The molecule has 0 aliphatic heterocycles. The van der Waals surface area contributed by atoms with Gasteiger partial charge in [0, 0.05) is 13.6 Å². The Bertz CT molecular complexity index is 1030. The molecule has 1 aromatic heterocycles. The number of aryl methyl sites for hydroxylation is 1. The van der Waals surface area contributed by atoms with Gasteiger partial charge in [-0.25, -0.2) is 22.2 Å². The third-order valence-corrected chi connectivity index (χ3v) is 5.81. The molecule has 2 aromatic carbocycles. The van der Waals surface area contributed by atoms with Crippen molar-refractivity contribution in [2.45, 2.75) is 24.9 Å². The van der Waals surface area contributed by atoms with Crippen molar-refractivity contribution in [3.8, 4) is 0 Å². The van der Waals surface area contributed by atoms with Gasteiger partial charge in [0.15, 0.2) is 0 Å². The SMILES string of the molecule is CCn1c(CN(C)S(=O)(=O)c2cc(F)ccc2F)nc2ccccc21. The Kier molecular flexibility index (Phi) is 4.57. The molecule has 3 rings (SSSR count). The van der Waals surface area contributed by atoms with Crippen LogP contribution in [0, 0.1) is 11.6 Å². The first-order valence-electron chi connectivity index (χ1n) is 7.70. The largest absolute Gasteiger partial charge is 0.327 e. The van der Waals surface area contributed by atoms with Crippen molar-refractivity contribution >= 4 is 21.1 Å². The Hall–Kier alpha value is -2.32. The molecule has 1 heterocycles. The second kappa shape index (κ2) is 6.53. The molecular weight excluding hydrogens is 348 g/mol. The highest BCUT2D eigenvalue weighted by Crippen LogP contribution is 2.22. The Labute approximate surface area is 144 Å². The van der Waals surface area contributed by atoms with Crippen molar-refractivity contribution < 1.29 is 17.2 Å². The topological polar surface area (TPSA) is 55.2 Å². The number of hydrogen-bond acceptors (Lipinski definition) is 3. The summed E-state index contributed by atoms with van der Waals surface area (Å²) < 4.78 is 55.3. The van der Waals surface area contributed by atoms with Crippen LogP contribution in [-0.4, -0.2) is 29.3 Å². The van der Waals surface area contributed by atoms with E-state index in [0.717, 1.165) is 27.5 Å². The molecule has 0 saturated heterocycles.